The molecule has 1 aromatic heterocycles. The summed E-state index contributed by atoms with van der Waals surface area (Å²) in [6.07, 6.45) is 0. The molecule has 112 valence electrons. The first-order valence-corrected chi connectivity index (χ1v) is 8.32. The highest BCUT2D eigenvalue weighted by atomic mass is 35.5. The smallest absolute Gasteiger partial charge is 0.308 e. The molecule has 0 bridgehead atoms. The molecular weight excluding hydrogens is 363 g/mol. The molecule has 1 heterocycles. The maximum absolute atomic E-state index is 11.2. The molecule has 0 spiro atoms. The molecule has 0 radical (unpaired) electrons. The lowest BCUT2D eigenvalue weighted by Crippen LogP contribution is -2.01. The van der Waals surface area contributed by atoms with Crippen molar-refractivity contribution in [2.24, 2.45) is 0 Å². The Morgan fingerprint density at radius 1 is 1.09 bits per heavy atom. The van der Waals surface area contributed by atoms with Crippen LogP contribution in [0.25, 0.3) is 21.2 Å². The van der Waals surface area contributed by atoms with Crippen molar-refractivity contribution in [3.05, 3.63) is 50.8 Å². The summed E-state index contributed by atoms with van der Waals surface area (Å²) >= 11 is 19.9. The summed E-state index contributed by atoms with van der Waals surface area (Å²) in [5.74, 6) is -0.180. The average Bonchev–Trinajstić information content (AvgIpc) is 2.88. The summed E-state index contributed by atoms with van der Waals surface area (Å²) in [6.45, 7) is 1.32. The zero-order valence-electron chi connectivity index (χ0n) is 11.3. The molecule has 0 aliphatic rings. The topological polar surface area (TPSA) is 26.3 Å². The third kappa shape index (κ3) is 2.82. The van der Waals surface area contributed by atoms with Gasteiger partial charge >= 0.3 is 5.97 Å². The first kappa shape index (κ1) is 15.6. The van der Waals surface area contributed by atoms with Gasteiger partial charge in [0, 0.05) is 22.9 Å². The number of fused-ring (bicyclic) bond motifs is 1. The number of benzene rings is 2. The van der Waals surface area contributed by atoms with Crippen molar-refractivity contribution in [2.45, 2.75) is 6.92 Å². The Morgan fingerprint density at radius 3 is 2.41 bits per heavy atom. The summed E-state index contributed by atoms with van der Waals surface area (Å²) in [4.78, 5) is 11.2. The molecule has 0 fully saturated rings. The molecule has 0 saturated heterocycles. The Hall–Kier alpha value is -1.26. The van der Waals surface area contributed by atoms with Crippen LogP contribution in [0.2, 0.25) is 15.1 Å². The Balaban J connectivity index is 2.23. The number of rotatable bonds is 2. The van der Waals surface area contributed by atoms with Crippen molar-refractivity contribution in [1.82, 2.24) is 0 Å². The van der Waals surface area contributed by atoms with Crippen LogP contribution in [0, 0.1) is 0 Å². The van der Waals surface area contributed by atoms with E-state index in [1.165, 1.54) is 18.3 Å². The van der Waals surface area contributed by atoms with Gasteiger partial charge in [-0.3, -0.25) is 4.79 Å². The molecule has 0 saturated carbocycles. The molecular formula is C16H9Cl3O2S. The lowest BCUT2D eigenvalue weighted by Gasteiger charge is -2.08. The Kier molecular flexibility index (Phi) is 4.33. The summed E-state index contributed by atoms with van der Waals surface area (Å²) in [6, 6.07) is 9.25. The van der Waals surface area contributed by atoms with Crippen LogP contribution in [0.1, 0.15) is 6.92 Å². The molecule has 2 aromatic carbocycles. The van der Waals surface area contributed by atoms with Gasteiger partial charge in [0.15, 0.2) is 5.75 Å². The first-order valence-electron chi connectivity index (χ1n) is 6.31. The van der Waals surface area contributed by atoms with Crippen LogP contribution < -0.4 is 4.74 Å². The number of esters is 1. The van der Waals surface area contributed by atoms with Crippen LogP contribution in [-0.4, -0.2) is 5.97 Å². The largest absolute Gasteiger partial charge is 0.425 e. The number of hydrogen-bond donors (Lipinski definition) is 0. The predicted octanol–water partition coefficient (Wildman–Crippen LogP) is 6.45. The maximum atomic E-state index is 11.2. The highest BCUT2D eigenvalue weighted by Crippen LogP contribution is 2.45. The highest BCUT2D eigenvalue weighted by Gasteiger charge is 2.17. The highest BCUT2D eigenvalue weighted by molar-refractivity contribution is 7.18. The van der Waals surface area contributed by atoms with Gasteiger partial charge in [-0.25, -0.2) is 0 Å². The van der Waals surface area contributed by atoms with E-state index in [1.807, 2.05) is 29.6 Å². The van der Waals surface area contributed by atoms with Gasteiger partial charge in [-0.15, -0.1) is 11.3 Å². The molecule has 6 heteroatoms. The van der Waals surface area contributed by atoms with E-state index in [2.05, 4.69) is 0 Å². The van der Waals surface area contributed by atoms with Crippen LogP contribution >= 0.6 is 46.1 Å². The molecule has 0 aliphatic carbocycles. The van der Waals surface area contributed by atoms with Gasteiger partial charge < -0.3 is 4.74 Å². The van der Waals surface area contributed by atoms with Gasteiger partial charge in [-0.2, -0.15) is 0 Å². The number of thiophene rings is 1. The summed E-state index contributed by atoms with van der Waals surface area (Å²) in [7, 11) is 0. The second-order valence-corrected chi connectivity index (χ2v) is 6.70. The first-order chi connectivity index (χ1) is 10.5. The monoisotopic (exact) mass is 370 g/mol. The molecule has 0 amide bonds. The van der Waals surface area contributed by atoms with E-state index < -0.39 is 5.97 Å². The van der Waals surface area contributed by atoms with Gasteiger partial charge in [0.1, 0.15) is 5.02 Å². The van der Waals surface area contributed by atoms with Crippen LogP contribution in [0.5, 0.6) is 5.75 Å². The van der Waals surface area contributed by atoms with E-state index in [9.17, 15) is 4.79 Å². The lowest BCUT2D eigenvalue weighted by atomic mass is 10.0. The molecule has 3 rings (SSSR count). The molecule has 3 aromatic rings. The van der Waals surface area contributed by atoms with Crippen molar-refractivity contribution < 1.29 is 9.53 Å². The fourth-order valence-corrected chi connectivity index (χ4v) is 3.86. The Morgan fingerprint density at radius 2 is 1.77 bits per heavy atom. The fraction of sp³-hybridized carbons (Fsp3) is 0.0625. The average molecular weight is 372 g/mol. The second-order valence-electron chi connectivity index (χ2n) is 4.63. The van der Waals surface area contributed by atoms with E-state index in [0.717, 1.165) is 21.2 Å². The standard InChI is InChI=1S/C16H9Cl3O2S/c1-8(20)21-13-6-11-12(9-2-4-10(17)5-3-9)7-22-16(11)15(19)14(13)18/h2-7H,1H3. The predicted molar refractivity (Wildman–Crippen MR) is 93.6 cm³/mol. The molecule has 22 heavy (non-hydrogen) atoms. The van der Waals surface area contributed by atoms with Crippen molar-refractivity contribution in [2.75, 3.05) is 0 Å². The minimum Gasteiger partial charge on any atom is -0.425 e. The van der Waals surface area contributed by atoms with Gasteiger partial charge in [0.2, 0.25) is 0 Å². The van der Waals surface area contributed by atoms with Crippen molar-refractivity contribution in [3.8, 4) is 16.9 Å². The van der Waals surface area contributed by atoms with Gasteiger partial charge in [0.05, 0.1) is 9.72 Å². The molecule has 2 nitrogen and oxygen atoms in total. The number of ether oxygens (including phenoxy) is 1. The minimum absolute atomic E-state index is 0.244. The van der Waals surface area contributed by atoms with E-state index in [4.69, 9.17) is 39.5 Å². The number of carbonyl (C=O) groups excluding carboxylic acids is 1. The van der Waals surface area contributed by atoms with Gasteiger partial charge in [-0.1, -0.05) is 46.9 Å². The second kappa shape index (κ2) is 6.09. The minimum atomic E-state index is -0.444. The summed E-state index contributed by atoms with van der Waals surface area (Å²) in [5.41, 5.74) is 1.99. The van der Waals surface area contributed by atoms with Crippen molar-refractivity contribution in [3.63, 3.8) is 0 Å². The quantitative estimate of drug-likeness (QED) is 0.382. The third-order valence-corrected chi connectivity index (χ3v) is 5.35. The molecule has 0 atom stereocenters. The van der Waals surface area contributed by atoms with E-state index >= 15 is 0 Å². The zero-order valence-corrected chi connectivity index (χ0v) is 14.4. The van der Waals surface area contributed by atoms with Crippen molar-refractivity contribution >= 4 is 62.2 Å². The number of halogens is 3. The van der Waals surface area contributed by atoms with Crippen molar-refractivity contribution in [1.29, 1.82) is 0 Å². The Bertz CT molecular complexity index is 869. The lowest BCUT2D eigenvalue weighted by molar-refractivity contribution is -0.131. The molecule has 0 N–H and O–H groups in total. The van der Waals surface area contributed by atoms with Crippen LogP contribution in [0.4, 0.5) is 0 Å². The number of carbonyl (C=O) groups is 1. The molecule has 0 aliphatic heterocycles. The normalized spacial score (nSPS) is 10.9. The summed E-state index contributed by atoms with van der Waals surface area (Å²) < 4.78 is 6.00. The van der Waals surface area contributed by atoms with E-state index in [0.29, 0.717) is 10.0 Å². The zero-order chi connectivity index (χ0) is 15.9. The van der Waals surface area contributed by atoms with E-state index in [1.54, 1.807) is 6.07 Å². The third-order valence-electron chi connectivity index (χ3n) is 3.12. The maximum Gasteiger partial charge on any atom is 0.308 e. The summed E-state index contributed by atoms with van der Waals surface area (Å²) in [5, 5.41) is 4.19. The fourth-order valence-electron chi connectivity index (χ4n) is 2.16. The number of hydrogen-bond acceptors (Lipinski definition) is 3. The SMILES string of the molecule is CC(=O)Oc1cc2c(-c3ccc(Cl)cc3)csc2c(Cl)c1Cl. The van der Waals surface area contributed by atoms with E-state index in [-0.39, 0.29) is 10.8 Å². The molecule has 0 unspecified atom stereocenters. The Labute approximate surface area is 146 Å². The van der Waals surface area contributed by atoms with Crippen LogP contribution in [0.3, 0.4) is 0 Å². The van der Waals surface area contributed by atoms with Gasteiger partial charge in [0.25, 0.3) is 0 Å². The van der Waals surface area contributed by atoms with Crippen LogP contribution in [-0.2, 0) is 4.79 Å². The van der Waals surface area contributed by atoms with Crippen LogP contribution in [0.15, 0.2) is 35.7 Å². The van der Waals surface area contributed by atoms with Gasteiger partial charge in [-0.05, 0) is 29.1 Å².